The Morgan fingerprint density at radius 2 is 0.559 bits per heavy atom. The van der Waals surface area contributed by atoms with Crippen LogP contribution in [0.1, 0.15) is 290 Å². The first-order valence-electron chi connectivity index (χ1n) is 26.2. The van der Waals surface area contributed by atoms with Gasteiger partial charge in [-0.2, -0.15) is 0 Å². The molecule has 0 fully saturated rings. The van der Waals surface area contributed by atoms with E-state index in [0.717, 1.165) is 70.6 Å². The number of hydrogen-bond donors (Lipinski definition) is 0. The van der Waals surface area contributed by atoms with Crippen LogP contribution in [0, 0.1) is 0 Å². The van der Waals surface area contributed by atoms with Gasteiger partial charge in [0.1, 0.15) is 13.2 Å². The molecular weight excluding hydrogens is 733 g/mol. The highest BCUT2D eigenvalue weighted by atomic mass is 16.6. The molecule has 348 valence electrons. The number of ether oxygens (including phenoxy) is 3. The quantitative estimate of drug-likeness (QED) is 0.0263. The minimum absolute atomic E-state index is 0.0696. The van der Waals surface area contributed by atoms with Crippen molar-refractivity contribution in [3.63, 3.8) is 0 Å². The molecule has 1 unspecified atom stereocenters. The zero-order chi connectivity index (χ0) is 43.0. The summed E-state index contributed by atoms with van der Waals surface area (Å²) in [6.45, 7) is 6.57. The van der Waals surface area contributed by atoms with Crippen LogP contribution in [0.2, 0.25) is 0 Å². The van der Waals surface area contributed by atoms with Gasteiger partial charge in [0.25, 0.3) is 0 Å². The van der Waals surface area contributed by atoms with Crippen LogP contribution in [0.5, 0.6) is 0 Å². The second-order valence-electron chi connectivity index (χ2n) is 17.8. The summed E-state index contributed by atoms with van der Waals surface area (Å²) >= 11 is 0. The Balaban J connectivity index is 4.03. The first-order valence-corrected chi connectivity index (χ1v) is 26.2. The molecule has 0 aromatic heterocycles. The average molecular weight is 833 g/mol. The van der Waals surface area contributed by atoms with Gasteiger partial charge in [0.05, 0.1) is 0 Å². The molecule has 0 aromatic carbocycles. The molecule has 0 amide bonds. The van der Waals surface area contributed by atoms with Crippen LogP contribution >= 0.6 is 0 Å². The van der Waals surface area contributed by atoms with Gasteiger partial charge >= 0.3 is 17.9 Å². The molecule has 0 saturated carbocycles. The molecule has 0 saturated heterocycles. The lowest BCUT2D eigenvalue weighted by atomic mass is 10.0. The lowest BCUT2D eigenvalue weighted by Crippen LogP contribution is -2.30. The molecule has 0 aliphatic rings. The van der Waals surface area contributed by atoms with E-state index in [1.54, 1.807) is 0 Å². The molecule has 0 heterocycles. The molecule has 6 heteroatoms. The van der Waals surface area contributed by atoms with E-state index in [1.165, 1.54) is 180 Å². The maximum atomic E-state index is 12.7. The number of esters is 3. The fourth-order valence-corrected chi connectivity index (χ4v) is 7.79. The summed E-state index contributed by atoms with van der Waals surface area (Å²) in [4.78, 5) is 37.6. The first kappa shape index (κ1) is 57.1. The van der Waals surface area contributed by atoms with Crippen molar-refractivity contribution in [3.05, 3.63) is 12.2 Å². The highest BCUT2D eigenvalue weighted by Gasteiger charge is 2.19. The van der Waals surface area contributed by atoms with Crippen molar-refractivity contribution in [2.45, 2.75) is 297 Å². The Labute approximate surface area is 367 Å². The summed E-state index contributed by atoms with van der Waals surface area (Å²) in [7, 11) is 0. The van der Waals surface area contributed by atoms with E-state index in [1.807, 2.05) is 0 Å². The maximum Gasteiger partial charge on any atom is 0.306 e. The number of carbonyl (C=O) groups excluding carboxylic acids is 3. The summed E-state index contributed by atoms with van der Waals surface area (Å²) in [5.74, 6) is -0.879. The van der Waals surface area contributed by atoms with Crippen molar-refractivity contribution in [2.75, 3.05) is 13.2 Å². The fraction of sp³-hybridized carbons (Fsp3) is 0.906. The Morgan fingerprint density at radius 3 is 0.864 bits per heavy atom. The second-order valence-corrected chi connectivity index (χ2v) is 17.8. The molecule has 1 atom stereocenters. The van der Waals surface area contributed by atoms with Crippen molar-refractivity contribution in [1.29, 1.82) is 0 Å². The summed E-state index contributed by atoms with van der Waals surface area (Å²) in [6.07, 6.45) is 53.9. The molecule has 0 bridgehead atoms. The van der Waals surface area contributed by atoms with E-state index >= 15 is 0 Å². The van der Waals surface area contributed by atoms with Gasteiger partial charge in [-0.25, -0.2) is 0 Å². The van der Waals surface area contributed by atoms with E-state index in [4.69, 9.17) is 14.2 Å². The predicted octanol–water partition coefficient (Wildman–Crippen LogP) is 17.0. The molecule has 0 radical (unpaired) electrons. The SMILES string of the molecule is CCCCCC/C=C\CCCCCCCC(=O)OC(COC(=O)CCCCCCC)COC(=O)CCCCCCCCCCCCCCCCCCCCCCCCC. The number of unbranched alkanes of at least 4 members (excludes halogenated alkanes) is 35. The number of allylic oxidation sites excluding steroid dienone is 2. The first-order chi connectivity index (χ1) is 29.0. The lowest BCUT2D eigenvalue weighted by Gasteiger charge is -2.18. The lowest BCUT2D eigenvalue weighted by molar-refractivity contribution is -0.167. The summed E-state index contributed by atoms with van der Waals surface area (Å²) in [6, 6.07) is 0. The molecule has 0 N–H and O–H groups in total. The largest absolute Gasteiger partial charge is 0.462 e. The average Bonchev–Trinajstić information content (AvgIpc) is 3.23. The summed E-state index contributed by atoms with van der Waals surface area (Å²) in [5.41, 5.74) is 0. The smallest absolute Gasteiger partial charge is 0.306 e. The molecule has 0 aliphatic carbocycles. The second kappa shape index (κ2) is 48.8. The van der Waals surface area contributed by atoms with Gasteiger partial charge in [-0.05, 0) is 44.9 Å². The minimum Gasteiger partial charge on any atom is -0.462 e. The van der Waals surface area contributed by atoms with E-state index in [0.29, 0.717) is 19.3 Å². The van der Waals surface area contributed by atoms with Crippen LogP contribution in [0.15, 0.2) is 12.2 Å². The Kier molecular flexibility index (Phi) is 47.3. The van der Waals surface area contributed by atoms with Gasteiger partial charge in [-0.1, -0.05) is 238 Å². The van der Waals surface area contributed by atoms with Gasteiger partial charge in [-0.3, -0.25) is 14.4 Å². The van der Waals surface area contributed by atoms with Gasteiger partial charge in [0, 0.05) is 19.3 Å². The molecule has 0 rings (SSSR count). The summed E-state index contributed by atoms with van der Waals surface area (Å²) < 4.78 is 16.7. The van der Waals surface area contributed by atoms with Crippen LogP contribution in [-0.4, -0.2) is 37.2 Å². The van der Waals surface area contributed by atoms with Gasteiger partial charge in [0.2, 0.25) is 0 Å². The Morgan fingerprint density at radius 1 is 0.322 bits per heavy atom. The molecule has 6 nitrogen and oxygen atoms in total. The Hall–Kier alpha value is -1.85. The van der Waals surface area contributed by atoms with E-state index in [-0.39, 0.29) is 31.1 Å². The van der Waals surface area contributed by atoms with Crippen LogP contribution in [-0.2, 0) is 28.6 Å². The topological polar surface area (TPSA) is 78.9 Å². The van der Waals surface area contributed by atoms with Crippen LogP contribution in [0.4, 0.5) is 0 Å². The fourth-order valence-electron chi connectivity index (χ4n) is 7.79. The highest BCUT2D eigenvalue weighted by Crippen LogP contribution is 2.17. The highest BCUT2D eigenvalue weighted by molar-refractivity contribution is 5.71. The van der Waals surface area contributed by atoms with Gasteiger partial charge in [-0.15, -0.1) is 0 Å². The standard InChI is InChI=1S/C53H100O6/c1-4-7-10-13-15-17-19-21-22-23-24-25-26-27-28-29-30-32-33-35-37-40-43-46-52(55)58-49-50(48-57-51(54)45-42-39-12-9-6-3)59-53(56)47-44-41-38-36-34-31-20-18-16-14-11-8-5-2/h18,20,50H,4-17,19,21-49H2,1-3H3/b20-18-. The normalized spacial score (nSPS) is 12.0. The molecular formula is C53H100O6. The van der Waals surface area contributed by atoms with Crippen LogP contribution in [0.25, 0.3) is 0 Å². The molecule has 59 heavy (non-hydrogen) atoms. The van der Waals surface area contributed by atoms with Gasteiger partial charge < -0.3 is 14.2 Å². The number of hydrogen-bond acceptors (Lipinski definition) is 6. The zero-order valence-corrected chi connectivity index (χ0v) is 39.8. The van der Waals surface area contributed by atoms with Crippen molar-refractivity contribution in [2.24, 2.45) is 0 Å². The molecule has 0 aliphatic heterocycles. The third kappa shape index (κ3) is 47.1. The van der Waals surface area contributed by atoms with Gasteiger partial charge in [0.15, 0.2) is 6.10 Å². The van der Waals surface area contributed by atoms with Crippen molar-refractivity contribution in [3.8, 4) is 0 Å². The summed E-state index contributed by atoms with van der Waals surface area (Å²) in [5, 5.41) is 0. The third-order valence-corrected chi connectivity index (χ3v) is 11.8. The predicted molar refractivity (Wildman–Crippen MR) is 252 cm³/mol. The van der Waals surface area contributed by atoms with E-state index < -0.39 is 6.10 Å². The Bertz CT molecular complexity index is 916. The van der Waals surface area contributed by atoms with Crippen molar-refractivity contribution >= 4 is 17.9 Å². The van der Waals surface area contributed by atoms with Crippen LogP contribution in [0.3, 0.4) is 0 Å². The van der Waals surface area contributed by atoms with E-state index in [9.17, 15) is 14.4 Å². The minimum atomic E-state index is -0.765. The maximum absolute atomic E-state index is 12.7. The van der Waals surface area contributed by atoms with E-state index in [2.05, 4.69) is 32.9 Å². The third-order valence-electron chi connectivity index (χ3n) is 11.8. The molecule has 0 spiro atoms. The number of rotatable bonds is 48. The monoisotopic (exact) mass is 833 g/mol. The van der Waals surface area contributed by atoms with Crippen LogP contribution < -0.4 is 0 Å². The van der Waals surface area contributed by atoms with Crippen molar-refractivity contribution < 1.29 is 28.6 Å². The van der Waals surface area contributed by atoms with Crippen molar-refractivity contribution in [1.82, 2.24) is 0 Å². The zero-order valence-electron chi connectivity index (χ0n) is 39.8. The number of carbonyl (C=O) groups is 3. The molecule has 0 aromatic rings.